The Kier molecular flexibility index (Phi) is 3.59. The molecule has 0 atom stereocenters. The third-order valence-electron chi connectivity index (χ3n) is 2.77. The highest BCUT2D eigenvalue weighted by atomic mass is 32.1. The molecule has 0 radical (unpaired) electrons. The van der Waals surface area contributed by atoms with E-state index in [0.717, 1.165) is 22.7 Å². The van der Waals surface area contributed by atoms with Crippen LogP contribution >= 0.6 is 11.3 Å². The van der Waals surface area contributed by atoms with Crippen LogP contribution in [0, 0.1) is 6.92 Å². The lowest BCUT2D eigenvalue weighted by molar-refractivity contribution is 0.112. The number of carbonyl (C=O) groups is 1. The summed E-state index contributed by atoms with van der Waals surface area (Å²) < 4.78 is 0. The fourth-order valence-electron chi connectivity index (χ4n) is 1.73. The molecule has 2 aromatic rings. The average Bonchev–Trinajstić information content (AvgIpc) is 2.81. The second-order valence-electron chi connectivity index (χ2n) is 4.08. The molecule has 0 spiro atoms. The lowest BCUT2D eigenvalue weighted by Gasteiger charge is -2.18. The van der Waals surface area contributed by atoms with Crippen LogP contribution in [-0.4, -0.2) is 13.3 Å². The van der Waals surface area contributed by atoms with Gasteiger partial charge in [-0.3, -0.25) is 4.79 Å². The van der Waals surface area contributed by atoms with Crippen molar-refractivity contribution in [2.75, 3.05) is 11.9 Å². The molecule has 3 heteroatoms. The summed E-state index contributed by atoms with van der Waals surface area (Å²) in [5.74, 6) is 0. The van der Waals surface area contributed by atoms with E-state index in [-0.39, 0.29) is 0 Å². The van der Waals surface area contributed by atoms with Gasteiger partial charge in [0, 0.05) is 13.6 Å². The molecular formula is C14H15NOS. The van der Waals surface area contributed by atoms with Crippen LogP contribution in [0.4, 0.5) is 5.00 Å². The average molecular weight is 245 g/mol. The largest absolute Gasteiger partial charge is 0.362 e. The number of hydrogen-bond donors (Lipinski definition) is 0. The minimum absolute atomic E-state index is 0.775. The van der Waals surface area contributed by atoms with Gasteiger partial charge in [0.25, 0.3) is 0 Å². The number of nitrogens with zero attached hydrogens (tertiary/aromatic N) is 1. The number of aldehydes is 1. The van der Waals surface area contributed by atoms with Crippen LogP contribution in [0.2, 0.25) is 0 Å². The SMILES string of the molecule is Cc1ccccc1CN(C)c1ccc(C=O)s1. The summed E-state index contributed by atoms with van der Waals surface area (Å²) in [6.45, 7) is 2.99. The highest BCUT2D eigenvalue weighted by Gasteiger charge is 2.06. The summed E-state index contributed by atoms with van der Waals surface area (Å²) in [4.78, 5) is 13.6. The van der Waals surface area contributed by atoms with E-state index in [2.05, 4.69) is 36.1 Å². The van der Waals surface area contributed by atoms with E-state index >= 15 is 0 Å². The third kappa shape index (κ3) is 2.74. The molecular weight excluding hydrogens is 230 g/mol. The van der Waals surface area contributed by atoms with Crippen molar-refractivity contribution in [3.05, 3.63) is 52.4 Å². The van der Waals surface area contributed by atoms with Crippen molar-refractivity contribution >= 4 is 22.6 Å². The summed E-state index contributed by atoms with van der Waals surface area (Å²) in [5.41, 5.74) is 2.61. The number of hydrogen-bond acceptors (Lipinski definition) is 3. The molecule has 1 heterocycles. The predicted molar refractivity (Wildman–Crippen MR) is 73.0 cm³/mol. The fraction of sp³-hybridized carbons (Fsp3) is 0.214. The highest BCUT2D eigenvalue weighted by Crippen LogP contribution is 2.25. The van der Waals surface area contributed by atoms with Gasteiger partial charge in [-0.2, -0.15) is 0 Å². The molecule has 0 aliphatic carbocycles. The lowest BCUT2D eigenvalue weighted by Crippen LogP contribution is -2.15. The Bertz CT molecular complexity index is 518. The van der Waals surface area contributed by atoms with Crippen molar-refractivity contribution in [2.45, 2.75) is 13.5 Å². The van der Waals surface area contributed by atoms with Gasteiger partial charge in [0.2, 0.25) is 0 Å². The van der Waals surface area contributed by atoms with Crippen molar-refractivity contribution in [3.63, 3.8) is 0 Å². The predicted octanol–water partition coefficient (Wildman–Crippen LogP) is 3.51. The zero-order chi connectivity index (χ0) is 12.3. The van der Waals surface area contributed by atoms with Gasteiger partial charge in [-0.1, -0.05) is 24.3 Å². The summed E-state index contributed by atoms with van der Waals surface area (Å²) in [6, 6.07) is 12.2. The Morgan fingerprint density at radius 2 is 2.00 bits per heavy atom. The quantitative estimate of drug-likeness (QED) is 0.768. The normalized spacial score (nSPS) is 10.2. The van der Waals surface area contributed by atoms with E-state index in [1.54, 1.807) is 0 Å². The molecule has 0 saturated heterocycles. The molecule has 0 aliphatic heterocycles. The molecule has 88 valence electrons. The van der Waals surface area contributed by atoms with Crippen molar-refractivity contribution in [1.29, 1.82) is 0 Å². The zero-order valence-corrected chi connectivity index (χ0v) is 10.8. The van der Waals surface area contributed by atoms with Crippen LogP contribution in [-0.2, 0) is 6.54 Å². The molecule has 2 nitrogen and oxygen atoms in total. The molecule has 2 rings (SSSR count). The molecule has 17 heavy (non-hydrogen) atoms. The Labute approximate surface area is 106 Å². The first-order valence-corrected chi connectivity index (χ1v) is 6.33. The summed E-state index contributed by atoms with van der Waals surface area (Å²) in [7, 11) is 2.05. The number of benzene rings is 1. The van der Waals surface area contributed by atoms with Gasteiger partial charge in [0.1, 0.15) is 0 Å². The van der Waals surface area contributed by atoms with E-state index in [9.17, 15) is 4.79 Å². The number of anilines is 1. The smallest absolute Gasteiger partial charge is 0.160 e. The van der Waals surface area contributed by atoms with Crippen LogP contribution in [0.25, 0.3) is 0 Å². The Hall–Kier alpha value is -1.61. The van der Waals surface area contributed by atoms with Crippen LogP contribution in [0.5, 0.6) is 0 Å². The van der Waals surface area contributed by atoms with Crippen LogP contribution in [0.3, 0.4) is 0 Å². The topological polar surface area (TPSA) is 20.3 Å². The van der Waals surface area contributed by atoms with Crippen LogP contribution in [0.15, 0.2) is 36.4 Å². The lowest BCUT2D eigenvalue weighted by atomic mass is 10.1. The molecule has 0 bridgehead atoms. The van der Waals surface area contributed by atoms with E-state index < -0.39 is 0 Å². The maximum atomic E-state index is 10.6. The zero-order valence-electron chi connectivity index (χ0n) is 10.0. The maximum absolute atomic E-state index is 10.6. The number of carbonyl (C=O) groups excluding carboxylic acids is 1. The number of thiophene rings is 1. The minimum Gasteiger partial charge on any atom is -0.362 e. The molecule has 1 aromatic heterocycles. The summed E-state index contributed by atoms with van der Waals surface area (Å²) >= 11 is 1.52. The van der Waals surface area contributed by atoms with Crippen molar-refractivity contribution < 1.29 is 4.79 Å². The van der Waals surface area contributed by atoms with Crippen molar-refractivity contribution in [3.8, 4) is 0 Å². The van der Waals surface area contributed by atoms with Crippen molar-refractivity contribution in [1.82, 2.24) is 0 Å². The van der Waals surface area contributed by atoms with Gasteiger partial charge in [0.05, 0.1) is 9.88 Å². The first-order valence-electron chi connectivity index (χ1n) is 5.51. The van der Waals surface area contributed by atoms with E-state index in [0.29, 0.717) is 0 Å². The molecule has 0 aliphatic rings. The second-order valence-corrected chi connectivity index (χ2v) is 5.17. The molecule has 0 saturated carbocycles. The van der Waals surface area contributed by atoms with E-state index in [1.807, 2.05) is 19.2 Å². The second kappa shape index (κ2) is 5.15. The van der Waals surface area contributed by atoms with Gasteiger partial charge in [-0.15, -0.1) is 11.3 Å². The monoisotopic (exact) mass is 245 g/mol. The first-order chi connectivity index (χ1) is 8.20. The van der Waals surface area contributed by atoms with Crippen LogP contribution in [0.1, 0.15) is 20.8 Å². The molecule has 1 aromatic carbocycles. The third-order valence-corrected chi connectivity index (χ3v) is 3.90. The minimum atomic E-state index is 0.775. The highest BCUT2D eigenvalue weighted by molar-refractivity contribution is 7.17. The number of aryl methyl sites for hydroxylation is 1. The molecule has 0 unspecified atom stereocenters. The van der Waals surface area contributed by atoms with E-state index in [4.69, 9.17) is 0 Å². The molecule has 0 fully saturated rings. The van der Waals surface area contributed by atoms with Gasteiger partial charge >= 0.3 is 0 Å². The molecule has 0 amide bonds. The Balaban J connectivity index is 2.14. The molecule has 0 N–H and O–H groups in total. The maximum Gasteiger partial charge on any atom is 0.160 e. The van der Waals surface area contributed by atoms with Gasteiger partial charge in [-0.25, -0.2) is 0 Å². The van der Waals surface area contributed by atoms with Crippen LogP contribution < -0.4 is 4.90 Å². The summed E-state index contributed by atoms with van der Waals surface area (Å²) in [5, 5.41) is 1.12. The summed E-state index contributed by atoms with van der Waals surface area (Å²) in [6.07, 6.45) is 0.899. The first kappa shape index (κ1) is 11.9. The van der Waals surface area contributed by atoms with Gasteiger partial charge in [-0.05, 0) is 30.2 Å². The van der Waals surface area contributed by atoms with E-state index in [1.165, 1.54) is 22.5 Å². The van der Waals surface area contributed by atoms with Gasteiger partial charge < -0.3 is 4.90 Å². The van der Waals surface area contributed by atoms with Crippen molar-refractivity contribution in [2.24, 2.45) is 0 Å². The fourth-order valence-corrected chi connectivity index (χ4v) is 2.51. The Morgan fingerprint density at radius 3 is 2.65 bits per heavy atom. The standard InChI is InChI=1S/C14H15NOS/c1-11-5-3-4-6-12(11)9-15(2)14-8-7-13(10-16)17-14/h3-8,10H,9H2,1-2H3. The number of rotatable bonds is 4. The van der Waals surface area contributed by atoms with Gasteiger partial charge in [0.15, 0.2) is 6.29 Å². The Morgan fingerprint density at radius 1 is 1.24 bits per heavy atom.